The number of hydroxylamine groups is 1. The smallest absolute Gasteiger partial charge is 0.253 e. The van der Waals surface area contributed by atoms with Crippen molar-refractivity contribution in [2.24, 2.45) is 0 Å². The van der Waals surface area contributed by atoms with Gasteiger partial charge in [0.25, 0.3) is 5.91 Å². The van der Waals surface area contributed by atoms with Crippen LogP contribution < -0.4 is 10.8 Å². The highest BCUT2D eigenvalue weighted by molar-refractivity contribution is 5.96. The lowest BCUT2D eigenvalue weighted by Crippen LogP contribution is -2.27. The largest absolute Gasteiger partial charge is 0.342 e. The molecule has 0 aliphatic heterocycles. The number of carbonyl (C=O) groups excluding carboxylic acids is 3. The van der Waals surface area contributed by atoms with E-state index in [1.54, 1.807) is 41.7 Å². The standard InChI is InChI=1S/C23H29N3O4/c1-26(16-8-3-2-7-11-21(27)25-30)23(29)19-12-14-20(15-13-19)24-22(28)17-18-9-5-4-6-10-18/h4-6,9-10,12-15,30H,2-3,7-8,11,16-17H2,1H3,(H,24,28)(H,25,27). The number of nitrogens with zero attached hydrogens (tertiary/aromatic N) is 1. The van der Waals surface area contributed by atoms with E-state index in [1.165, 1.54) is 0 Å². The minimum atomic E-state index is -0.373. The molecule has 0 radical (unpaired) electrons. The fourth-order valence-corrected chi connectivity index (χ4v) is 3.05. The van der Waals surface area contributed by atoms with Gasteiger partial charge < -0.3 is 10.2 Å². The van der Waals surface area contributed by atoms with Gasteiger partial charge >= 0.3 is 0 Å². The highest BCUT2D eigenvalue weighted by Gasteiger charge is 2.12. The van der Waals surface area contributed by atoms with E-state index < -0.39 is 0 Å². The van der Waals surface area contributed by atoms with Crippen molar-refractivity contribution in [3.63, 3.8) is 0 Å². The fraction of sp³-hybridized carbons (Fsp3) is 0.348. The summed E-state index contributed by atoms with van der Waals surface area (Å²) >= 11 is 0. The summed E-state index contributed by atoms with van der Waals surface area (Å²) in [7, 11) is 1.76. The van der Waals surface area contributed by atoms with Crippen LogP contribution in [0.2, 0.25) is 0 Å². The first kappa shape index (κ1) is 23.1. The van der Waals surface area contributed by atoms with Crippen LogP contribution in [0, 0.1) is 0 Å². The third-order valence-electron chi connectivity index (χ3n) is 4.74. The van der Waals surface area contributed by atoms with Gasteiger partial charge in [-0.25, -0.2) is 5.48 Å². The molecule has 0 unspecified atom stereocenters. The third kappa shape index (κ3) is 8.05. The molecule has 2 aromatic rings. The lowest BCUT2D eigenvalue weighted by Gasteiger charge is -2.17. The Morgan fingerprint density at radius 1 is 0.867 bits per heavy atom. The van der Waals surface area contributed by atoms with Crippen molar-refractivity contribution in [1.82, 2.24) is 10.4 Å². The number of rotatable bonds is 11. The summed E-state index contributed by atoms with van der Waals surface area (Å²) in [6.07, 6.45) is 3.93. The molecule has 2 rings (SSSR count). The van der Waals surface area contributed by atoms with E-state index in [2.05, 4.69) is 5.32 Å². The van der Waals surface area contributed by atoms with Gasteiger partial charge in [-0.3, -0.25) is 19.6 Å². The first-order valence-electron chi connectivity index (χ1n) is 10.1. The number of benzene rings is 2. The highest BCUT2D eigenvalue weighted by atomic mass is 16.5. The zero-order valence-corrected chi connectivity index (χ0v) is 17.3. The number of anilines is 1. The summed E-state index contributed by atoms with van der Waals surface area (Å²) < 4.78 is 0. The number of hydrogen-bond donors (Lipinski definition) is 3. The number of hydrogen-bond acceptors (Lipinski definition) is 4. The van der Waals surface area contributed by atoms with Crippen molar-refractivity contribution in [1.29, 1.82) is 0 Å². The van der Waals surface area contributed by atoms with Crippen LogP contribution in [0.5, 0.6) is 0 Å². The summed E-state index contributed by atoms with van der Waals surface area (Å²) in [4.78, 5) is 37.3. The number of amides is 3. The molecular formula is C23H29N3O4. The number of nitrogens with one attached hydrogen (secondary N) is 2. The van der Waals surface area contributed by atoms with E-state index >= 15 is 0 Å². The monoisotopic (exact) mass is 411 g/mol. The normalized spacial score (nSPS) is 10.3. The van der Waals surface area contributed by atoms with Gasteiger partial charge in [0.2, 0.25) is 11.8 Å². The summed E-state index contributed by atoms with van der Waals surface area (Å²) in [5, 5.41) is 11.3. The molecule has 3 amide bonds. The zero-order valence-electron chi connectivity index (χ0n) is 17.3. The Morgan fingerprint density at radius 3 is 2.20 bits per heavy atom. The Balaban J connectivity index is 1.73. The maximum atomic E-state index is 12.5. The molecule has 0 saturated carbocycles. The van der Waals surface area contributed by atoms with Crippen LogP contribution in [-0.4, -0.2) is 41.4 Å². The molecule has 0 atom stereocenters. The van der Waals surface area contributed by atoms with Crippen LogP contribution >= 0.6 is 0 Å². The first-order valence-corrected chi connectivity index (χ1v) is 10.1. The zero-order chi connectivity index (χ0) is 21.8. The predicted octanol–water partition coefficient (Wildman–Crippen LogP) is 3.40. The highest BCUT2D eigenvalue weighted by Crippen LogP contribution is 2.13. The lowest BCUT2D eigenvalue weighted by atomic mass is 10.1. The van der Waals surface area contributed by atoms with E-state index in [1.807, 2.05) is 30.3 Å². The SMILES string of the molecule is CN(CCCCCCC(=O)NO)C(=O)c1ccc(NC(=O)Cc2ccccc2)cc1. The predicted molar refractivity (Wildman–Crippen MR) is 115 cm³/mol. The molecule has 160 valence electrons. The summed E-state index contributed by atoms with van der Waals surface area (Å²) in [6.45, 7) is 0.626. The van der Waals surface area contributed by atoms with Crippen LogP contribution in [0.15, 0.2) is 54.6 Å². The number of carbonyl (C=O) groups is 3. The Bertz CT molecular complexity index is 822. The van der Waals surface area contributed by atoms with E-state index in [9.17, 15) is 14.4 Å². The molecule has 0 saturated heterocycles. The maximum absolute atomic E-state index is 12.5. The van der Waals surface area contributed by atoms with Crippen molar-refractivity contribution in [2.45, 2.75) is 38.5 Å². The second-order valence-corrected chi connectivity index (χ2v) is 7.21. The lowest BCUT2D eigenvalue weighted by molar-refractivity contribution is -0.129. The van der Waals surface area contributed by atoms with Crippen LogP contribution in [0.1, 0.15) is 48.0 Å². The quantitative estimate of drug-likeness (QED) is 0.300. The Labute approximate surface area is 177 Å². The third-order valence-corrected chi connectivity index (χ3v) is 4.74. The van der Waals surface area contributed by atoms with Gasteiger partial charge in [0.1, 0.15) is 0 Å². The molecule has 0 aliphatic rings. The fourth-order valence-electron chi connectivity index (χ4n) is 3.05. The summed E-state index contributed by atoms with van der Waals surface area (Å²) in [6, 6.07) is 16.4. The minimum absolute atomic E-state index is 0.0724. The molecule has 7 heteroatoms. The average Bonchev–Trinajstić information content (AvgIpc) is 2.76. The minimum Gasteiger partial charge on any atom is -0.342 e. The van der Waals surface area contributed by atoms with Gasteiger partial charge in [-0.2, -0.15) is 0 Å². The second kappa shape index (κ2) is 12.4. The van der Waals surface area contributed by atoms with Crippen molar-refractivity contribution in [2.75, 3.05) is 18.9 Å². The summed E-state index contributed by atoms with van der Waals surface area (Å²) in [5.74, 6) is -0.548. The van der Waals surface area contributed by atoms with Crippen LogP contribution in [0.25, 0.3) is 0 Å². The second-order valence-electron chi connectivity index (χ2n) is 7.21. The van der Waals surface area contributed by atoms with Crippen molar-refractivity contribution < 1.29 is 19.6 Å². The molecule has 7 nitrogen and oxygen atoms in total. The van der Waals surface area contributed by atoms with Gasteiger partial charge in [0, 0.05) is 31.3 Å². The molecule has 0 aliphatic carbocycles. The molecule has 0 bridgehead atoms. The molecule has 0 heterocycles. The molecule has 30 heavy (non-hydrogen) atoms. The van der Waals surface area contributed by atoms with Crippen molar-refractivity contribution >= 4 is 23.4 Å². The maximum Gasteiger partial charge on any atom is 0.253 e. The molecule has 2 aromatic carbocycles. The average molecular weight is 412 g/mol. The van der Waals surface area contributed by atoms with E-state index in [0.717, 1.165) is 24.8 Å². The topological polar surface area (TPSA) is 98.7 Å². The molecule has 0 fully saturated rings. The van der Waals surface area contributed by atoms with Crippen LogP contribution in [-0.2, 0) is 16.0 Å². The van der Waals surface area contributed by atoms with E-state index in [-0.39, 0.29) is 17.7 Å². The van der Waals surface area contributed by atoms with Gasteiger partial charge in [-0.15, -0.1) is 0 Å². The van der Waals surface area contributed by atoms with Crippen molar-refractivity contribution in [3.8, 4) is 0 Å². The van der Waals surface area contributed by atoms with E-state index in [4.69, 9.17) is 5.21 Å². The van der Waals surface area contributed by atoms with Crippen LogP contribution in [0.4, 0.5) is 5.69 Å². The van der Waals surface area contributed by atoms with Gasteiger partial charge in [-0.05, 0) is 42.7 Å². The van der Waals surface area contributed by atoms with Crippen LogP contribution in [0.3, 0.4) is 0 Å². The van der Waals surface area contributed by atoms with Gasteiger partial charge in [0.05, 0.1) is 6.42 Å². The van der Waals surface area contributed by atoms with Gasteiger partial charge in [0.15, 0.2) is 0 Å². The Morgan fingerprint density at radius 2 is 1.53 bits per heavy atom. The summed E-state index contributed by atoms with van der Waals surface area (Å²) in [5.41, 5.74) is 3.78. The molecule has 0 aromatic heterocycles. The Hall–Kier alpha value is -3.19. The van der Waals surface area contributed by atoms with E-state index in [0.29, 0.717) is 37.1 Å². The number of unbranched alkanes of at least 4 members (excludes halogenated alkanes) is 3. The first-order chi connectivity index (χ1) is 14.5. The molecule has 3 N–H and O–H groups in total. The van der Waals surface area contributed by atoms with Gasteiger partial charge in [-0.1, -0.05) is 43.2 Å². The molecular weight excluding hydrogens is 382 g/mol. The molecule has 0 spiro atoms. The Kier molecular flexibility index (Phi) is 9.54. The van der Waals surface area contributed by atoms with Crippen molar-refractivity contribution in [3.05, 3.63) is 65.7 Å².